The van der Waals surface area contributed by atoms with Crippen molar-refractivity contribution in [3.8, 4) is 0 Å². The Morgan fingerprint density at radius 2 is 0.929 bits per heavy atom. The second kappa shape index (κ2) is 8.06. The first-order valence-corrected chi connectivity index (χ1v) is 11.2. The van der Waals surface area contributed by atoms with E-state index in [4.69, 9.17) is 0 Å². The fourth-order valence-electron chi connectivity index (χ4n) is 3.45. The topological polar surface area (TPSA) is 0 Å². The molecule has 0 nitrogen and oxygen atoms in total. The number of benzene rings is 4. The number of hydrogen-bond acceptors (Lipinski definition) is 2. The molecule has 2 heteroatoms. The normalized spacial score (nSPS) is 11.1. The Labute approximate surface area is 176 Å². The van der Waals surface area contributed by atoms with Crippen molar-refractivity contribution in [2.24, 2.45) is 0 Å². The molecule has 0 aliphatic rings. The van der Waals surface area contributed by atoms with E-state index in [0.29, 0.717) is 0 Å². The SMILES string of the molecule is Cc1ccc(Sc2c(C)c(Sc3ccc(C)cc3)c3ccccc3c2C)cc1. The minimum atomic E-state index is 1.29. The second-order valence-corrected chi connectivity index (χ2v) is 9.45. The maximum absolute atomic E-state index is 2.27. The summed E-state index contributed by atoms with van der Waals surface area (Å²) in [5.74, 6) is 0. The molecular weight excluding hydrogens is 376 g/mol. The van der Waals surface area contributed by atoms with Crippen molar-refractivity contribution < 1.29 is 0 Å². The predicted octanol–water partition coefficient (Wildman–Crippen LogP) is 8.38. The fourth-order valence-corrected chi connectivity index (χ4v) is 5.59. The summed E-state index contributed by atoms with van der Waals surface area (Å²) in [7, 11) is 0. The number of rotatable bonds is 4. The summed E-state index contributed by atoms with van der Waals surface area (Å²) in [6.07, 6.45) is 0. The van der Waals surface area contributed by atoms with Crippen LogP contribution in [0.25, 0.3) is 10.8 Å². The molecule has 0 radical (unpaired) electrons. The standard InChI is InChI=1S/C26H24S2/c1-17-9-13-21(14-10-17)27-25-19(3)23-7-5-6-8-24(23)26(20(25)4)28-22-15-11-18(2)12-16-22/h5-16H,1-4H3. The zero-order valence-electron chi connectivity index (χ0n) is 16.7. The molecule has 0 unspecified atom stereocenters. The maximum atomic E-state index is 2.27. The molecule has 0 aliphatic heterocycles. The smallest absolute Gasteiger partial charge is 0.0241 e. The third-order valence-electron chi connectivity index (χ3n) is 5.08. The van der Waals surface area contributed by atoms with E-state index >= 15 is 0 Å². The van der Waals surface area contributed by atoms with Gasteiger partial charge >= 0.3 is 0 Å². The number of aryl methyl sites for hydroxylation is 3. The van der Waals surface area contributed by atoms with Crippen molar-refractivity contribution in [3.63, 3.8) is 0 Å². The molecule has 0 fully saturated rings. The van der Waals surface area contributed by atoms with Gasteiger partial charge in [-0.1, -0.05) is 83.2 Å². The van der Waals surface area contributed by atoms with Crippen LogP contribution in [0.3, 0.4) is 0 Å². The van der Waals surface area contributed by atoms with Crippen molar-refractivity contribution >= 4 is 34.3 Å². The van der Waals surface area contributed by atoms with Crippen molar-refractivity contribution in [1.29, 1.82) is 0 Å². The van der Waals surface area contributed by atoms with E-state index in [1.165, 1.54) is 52.6 Å². The van der Waals surface area contributed by atoms with Crippen LogP contribution in [0.2, 0.25) is 0 Å². The van der Waals surface area contributed by atoms with Gasteiger partial charge in [-0.3, -0.25) is 0 Å². The molecule has 0 saturated heterocycles. The molecule has 0 saturated carbocycles. The molecule has 0 bridgehead atoms. The van der Waals surface area contributed by atoms with Crippen LogP contribution < -0.4 is 0 Å². The van der Waals surface area contributed by atoms with E-state index in [0.717, 1.165) is 0 Å². The van der Waals surface area contributed by atoms with Crippen LogP contribution >= 0.6 is 23.5 Å². The van der Waals surface area contributed by atoms with Crippen molar-refractivity contribution in [2.45, 2.75) is 47.3 Å². The molecule has 4 aromatic carbocycles. The van der Waals surface area contributed by atoms with Gasteiger partial charge in [0.25, 0.3) is 0 Å². The van der Waals surface area contributed by atoms with Gasteiger partial charge in [0.2, 0.25) is 0 Å². The van der Waals surface area contributed by atoms with Gasteiger partial charge in [-0.25, -0.2) is 0 Å². The van der Waals surface area contributed by atoms with Gasteiger partial charge in [0.1, 0.15) is 0 Å². The lowest BCUT2D eigenvalue weighted by Crippen LogP contribution is -1.93. The van der Waals surface area contributed by atoms with E-state index in [1.807, 2.05) is 23.5 Å². The van der Waals surface area contributed by atoms with E-state index in [1.54, 1.807) is 0 Å². The third-order valence-corrected chi connectivity index (χ3v) is 7.64. The highest BCUT2D eigenvalue weighted by molar-refractivity contribution is 8.00. The summed E-state index contributed by atoms with van der Waals surface area (Å²) in [5.41, 5.74) is 5.33. The first-order valence-electron chi connectivity index (χ1n) is 9.54. The number of fused-ring (bicyclic) bond motifs is 1. The van der Waals surface area contributed by atoms with Crippen LogP contribution in [-0.4, -0.2) is 0 Å². The predicted molar refractivity (Wildman–Crippen MR) is 124 cm³/mol. The summed E-state index contributed by atoms with van der Waals surface area (Å²) in [5, 5.41) is 2.69. The average molecular weight is 401 g/mol. The first-order chi connectivity index (χ1) is 13.5. The first kappa shape index (κ1) is 19.2. The lowest BCUT2D eigenvalue weighted by Gasteiger charge is -2.18. The molecule has 4 aromatic rings. The highest BCUT2D eigenvalue weighted by Crippen LogP contribution is 2.44. The summed E-state index contributed by atoms with van der Waals surface area (Å²) >= 11 is 3.75. The highest BCUT2D eigenvalue weighted by atomic mass is 32.2. The second-order valence-electron chi connectivity index (χ2n) is 7.28. The summed E-state index contributed by atoms with van der Waals surface area (Å²) < 4.78 is 0. The average Bonchev–Trinajstić information content (AvgIpc) is 2.71. The van der Waals surface area contributed by atoms with Crippen molar-refractivity contribution in [1.82, 2.24) is 0 Å². The molecule has 4 rings (SSSR count). The van der Waals surface area contributed by atoms with Gasteiger partial charge in [0, 0.05) is 19.6 Å². The Balaban J connectivity index is 1.85. The van der Waals surface area contributed by atoms with Gasteiger partial charge in [-0.15, -0.1) is 0 Å². The minimum Gasteiger partial charge on any atom is -0.0895 e. The Morgan fingerprint density at radius 3 is 1.46 bits per heavy atom. The number of hydrogen-bond donors (Lipinski definition) is 0. The summed E-state index contributed by atoms with van der Waals surface area (Å²) in [6.45, 7) is 8.80. The van der Waals surface area contributed by atoms with E-state index in [2.05, 4.69) is 100 Å². The quantitative estimate of drug-likeness (QED) is 0.337. The molecule has 0 atom stereocenters. The van der Waals surface area contributed by atoms with Crippen molar-refractivity contribution in [3.05, 3.63) is 95.1 Å². The third kappa shape index (κ3) is 3.85. The molecule has 0 aromatic heterocycles. The highest BCUT2D eigenvalue weighted by Gasteiger charge is 2.16. The van der Waals surface area contributed by atoms with Gasteiger partial charge in [0.15, 0.2) is 0 Å². The Morgan fingerprint density at radius 1 is 0.464 bits per heavy atom. The van der Waals surface area contributed by atoms with Crippen molar-refractivity contribution in [2.75, 3.05) is 0 Å². The molecule has 0 heterocycles. The molecule has 140 valence electrons. The largest absolute Gasteiger partial charge is 0.0895 e. The van der Waals surface area contributed by atoms with Gasteiger partial charge in [0.05, 0.1) is 0 Å². The van der Waals surface area contributed by atoms with Gasteiger partial charge in [-0.2, -0.15) is 0 Å². The lowest BCUT2D eigenvalue weighted by molar-refractivity contribution is 1.17. The maximum Gasteiger partial charge on any atom is 0.0241 e. The summed E-state index contributed by atoms with van der Waals surface area (Å²) in [4.78, 5) is 5.31. The van der Waals surface area contributed by atoms with Crippen LogP contribution in [0.15, 0.2) is 92.4 Å². The zero-order valence-corrected chi connectivity index (χ0v) is 18.4. The van der Waals surface area contributed by atoms with Crippen LogP contribution in [0, 0.1) is 27.7 Å². The Kier molecular flexibility index (Phi) is 5.52. The Hall–Kier alpha value is -2.16. The van der Waals surface area contributed by atoms with Crippen LogP contribution in [0.4, 0.5) is 0 Å². The molecule has 0 amide bonds. The lowest BCUT2D eigenvalue weighted by atomic mass is 10.0. The molecular formula is C26H24S2. The molecule has 0 spiro atoms. The van der Waals surface area contributed by atoms with E-state index < -0.39 is 0 Å². The molecule has 0 N–H and O–H groups in total. The van der Waals surface area contributed by atoms with Crippen LogP contribution in [-0.2, 0) is 0 Å². The minimum absolute atomic E-state index is 1.29. The Bertz CT molecular complexity index is 1120. The monoisotopic (exact) mass is 400 g/mol. The van der Waals surface area contributed by atoms with E-state index in [9.17, 15) is 0 Å². The van der Waals surface area contributed by atoms with Crippen LogP contribution in [0.1, 0.15) is 22.3 Å². The zero-order chi connectivity index (χ0) is 19.7. The summed E-state index contributed by atoms with van der Waals surface area (Å²) in [6, 6.07) is 26.5. The molecule has 0 aliphatic carbocycles. The van der Waals surface area contributed by atoms with Crippen LogP contribution in [0.5, 0.6) is 0 Å². The fraction of sp³-hybridized carbons (Fsp3) is 0.154. The molecule has 28 heavy (non-hydrogen) atoms. The van der Waals surface area contributed by atoms with Gasteiger partial charge in [-0.05, 0) is 73.9 Å². The van der Waals surface area contributed by atoms with Gasteiger partial charge < -0.3 is 0 Å². The van der Waals surface area contributed by atoms with E-state index in [-0.39, 0.29) is 0 Å².